The number of piperidine rings is 1. The number of hydrogen-bond acceptors (Lipinski definition) is 12. The summed E-state index contributed by atoms with van der Waals surface area (Å²) in [6.07, 6.45) is 4.03. The zero-order valence-electron chi connectivity index (χ0n) is 44.9. The number of hydrogen-bond donors (Lipinski definition) is 2. The van der Waals surface area contributed by atoms with Gasteiger partial charge in [-0.25, -0.2) is 29.6 Å². The maximum absolute atomic E-state index is 15.8. The minimum Gasteiger partial charge on any atom is -0.381 e. The molecule has 0 radical (unpaired) electrons. The van der Waals surface area contributed by atoms with Crippen LogP contribution in [0.4, 0.5) is 40.3 Å². The molecular formula is C57H67ClF4N6O7S4. The van der Waals surface area contributed by atoms with Crippen molar-refractivity contribution in [2.24, 2.45) is 0 Å². The Hall–Kier alpha value is -5.29. The van der Waals surface area contributed by atoms with Crippen molar-refractivity contribution in [3.63, 3.8) is 0 Å². The molecule has 13 nitrogen and oxygen atoms in total. The SMILES string of the molecule is Cc1c(S(C)(=O)=O)c(-c2cc(F)cc(N3CCN(c4ccc(NS(=O)(=O)c5ccc(N[C@@H](CCSc6ccccc6)CCN6CCC(OC(C)C)CC6)c(S(=O)(=O)C(F)(F)F)c5)cc4)CC3)c2)c(-c2ccc(Cl)cc2)n1C(C)C. The fourth-order valence-electron chi connectivity index (χ4n) is 10.5. The van der Waals surface area contributed by atoms with Gasteiger partial charge in [-0.2, -0.15) is 13.2 Å². The van der Waals surface area contributed by atoms with Crippen LogP contribution in [0.25, 0.3) is 22.4 Å². The molecule has 5 aromatic carbocycles. The highest BCUT2D eigenvalue weighted by Crippen LogP contribution is 2.45. The second kappa shape index (κ2) is 24.8. The summed E-state index contributed by atoms with van der Waals surface area (Å²) < 4.78 is 151. The van der Waals surface area contributed by atoms with Gasteiger partial charge in [-0.3, -0.25) is 4.72 Å². The van der Waals surface area contributed by atoms with Crippen molar-refractivity contribution >= 4 is 75.8 Å². The highest BCUT2D eigenvalue weighted by molar-refractivity contribution is 7.99. The van der Waals surface area contributed by atoms with Crippen molar-refractivity contribution in [3.8, 4) is 22.4 Å². The number of sulfonamides is 1. The summed E-state index contributed by atoms with van der Waals surface area (Å²) in [5.41, 5.74) is -2.03. The molecule has 426 valence electrons. The first-order valence-corrected chi connectivity index (χ1v) is 32.4. The topological polar surface area (TPSA) is 150 Å². The van der Waals surface area contributed by atoms with Gasteiger partial charge in [-0.05, 0) is 162 Å². The molecule has 79 heavy (non-hydrogen) atoms. The van der Waals surface area contributed by atoms with Gasteiger partial charge in [0.05, 0.1) is 33.4 Å². The second-order valence-corrected chi connectivity index (χ2v) is 27.8. The van der Waals surface area contributed by atoms with Crippen LogP contribution in [0.3, 0.4) is 0 Å². The number of rotatable bonds is 21. The van der Waals surface area contributed by atoms with Crippen molar-refractivity contribution in [2.75, 3.05) is 77.7 Å². The Kier molecular flexibility index (Phi) is 18.8. The molecule has 2 fully saturated rings. The fraction of sp³-hybridized carbons (Fsp3) is 0.404. The van der Waals surface area contributed by atoms with E-state index in [4.69, 9.17) is 16.3 Å². The second-order valence-electron chi connectivity index (χ2n) is 20.6. The lowest BCUT2D eigenvalue weighted by molar-refractivity contribution is -0.0436. The predicted octanol–water partition coefficient (Wildman–Crippen LogP) is 12.6. The largest absolute Gasteiger partial charge is 0.501 e. The Bertz CT molecular complexity index is 3430. The highest BCUT2D eigenvalue weighted by Gasteiger charge is 2.48. The lowest BCUT2D eigenvalue weighted by Gasteiger charge is -2.37. The first-order valence-electron chi connectivity index (χ1n) is 26.2. The van der Waals surface area contributed by atoms with E-state index < -0.39 is 56.9 Å². The number of alkyl halides is 3. The van der Waals surface area contributed by atoms with Gasteiger partial charge in [0.15, 0.2) is 9.84 Å². The molecule has 8 rings (SSSR count). The highest BCUT2D eigenvalue weighted by atomic mass is 35.5. The Morgan fingerprint density at radius 2 is 1.38 bits per heavy atom. The molecule has 22 heteroatoms. The Balaban J connectivity index is 0.974. The van der Waals surface area contributed by atoms with Crippen LogP contribution in [0.1, 0.15) is 65.1 Å². The van der Waals surface area contributed by atoms with Crippen molar-refractivity contribution in [1.82, 2.24) is 9.47 Å². The number of piperazine rings is 1. The number of likely N-dealkylation sites (tertiary alicyclic amines) is 1. The van der Waals surface area contributed by atoms with Gasteiger partial charge in [-0.15, -0.1) is 11.8 Å². The van der Waals surface area contributed by atoms with E-state index in [0.29, 0.717) is 90.6 Å². The molecule has 2 aliphatic heterocycles. The number of sulfone groups is 2. The first-order chi connectivity index (χ1) is 37.3. The molecule has 1 aromatic heterocycles. The van der Waals surface area contributed by atoms with Crippen LogP contribution in [0, 0.1) is 12.7 Å². The van der Waals surface area contributed by atoms with Crippen LogP contribution < -0.4 is 19.8 Å². The van der Waals surface area contributed by atoms with Crippen LogP contribution >= 0.6 is 23.4 Å². The average Bonchev–Trinajstić information content (AvgIpc) is 3.88. The Morgan fingerprint density at radius 3 is 1.97 bits per heavy atom. The van der Waals surface area contributed by atoms with Crippen molar-refractivity contribution in [2.45, 2.75) is 110 Å². The predicted molar refractivity (Wildman–Crippen MR) is 309 cm³/mol. The molecule has 0 spiro atoms. The number of aromatic nitrogens is 1. The van der Waals surface area contributed by atoms with E-state index >= 15 is 4.39 Å². The summed E-state index contributed by atoms with van der Waals surface area (Å²) in [4.78, 5) is 5.58. The summed E-state index contributed by atoms with van der Waals surface area (Å²) in [5.74, 6) is 0.0343. The molecule has 0 bridgehead atoms. The number of ether oxygens (including phenoxy) is 1. The summed E-state index contributed by atoms with van der Waals surface area (Å²) in [7, 11) is -14.5. The average molecular weight is 1190 g/mol. The van der Waals surface area contributed by atoms with E-state index in [2.05, 4.69) is 19.8 Å². The van der Waals surface area contributed by atoms with E-state index in [9.17, 15) is 38.4 Å². The Labute approximate surface area is 471 Å². The van der Waals surface area contributed by atoms with E-state index in [1.807, 2.05) is 79.6 Å². The summed E-state index contributed by atoms with van der Waals surface area (Å²) in [5, 5.41) is 3.60. The maximum Gasteiger partial charge on any atom is 0.501 e. The molecule has 3 heterocycles. The monoisotopic (exact) mass is 1190 g/mol. The van der Waals surface area contributed by atoms with Gasteiger partial charge >= 0.3 is 5.51 Å². The number of benzene rings is 5. The summed E-state index contributed by atoms with van der Waals surface area (Å²) in [6, 6.07) is 29.8. The van der Waals surface area contributed by atoms with Crippen molar-refractivity contribution in [3.05, 3.63) is 132 Å². The van der Waals surface area contributed by atoms with Crippen LogP contribution in [0.5, 0.6) is 0 Å². The lowest BCUT2D eigenvalue weighted by atomic mass is 9.99. The van der Waals surface area contributed by atoms with Crippen LogP contribution in [-0.2, 0) is 34.4 Å². The standard InChI is InChI=1S/C57H67ClF4N6O7S4/c1-38(2)68-40(5)56(77(6,69)70)54(55(68)41-12-14-43(58)15-13-41)42-34-44(59)36-48(35-42)67-31-29-66(30-32-67)47-18-16-46(17-19-47)64-79(73,74)51-20-21-52(53(37-51)78(71,72)57(60,61)62)63-45(25-33-76-50-10-8-7-9-11-50)22-26-65-27-23-49(24-28-65)75-39(3)4/h7-21,34-39,45,49,63-64H,22-33H2,1-6H3/t45-/m1/s1. The lowest BCUT2D eigenvalue weighted by Crippen LogP contribution is -2.46. The molecule has 0 amide bonds. The van der Waals surface area contributed by atoms with E-state index in [-0.39, 0.29) is 34.5 Å². The van der Waals surface area contributed by atoms with E-state index in [0.717, 1.165) is 60.5 Å². The Morgan fingerprint density at radius 1 is 0.747 bits per heavy atom. The minimum absolute atomic E-state index is 0.0841. The maximum atomic E-state index is 15.8. The summed E-state index contributed by atoms with van der Waals surface area (Å²) in [6.45, 7) is 13.6. The van der Waals surface area contributed by atoms with Gasteiger partial charge in [0.25, 0.3) is 19.9 Å². The van der Waals surface area contributed by atoms with Crippen LogP contribution in [-0.4, -0.2) is 116 Å². The third kappa shape index (κ3) is 14.4. The van der Waals surface area contributed by atoms with Gasteiger partial charge in [0, 0.05) is 102 Å². The molecule has 0 aliphatic carbocycles. The van der Waals surface area contributed by atoms with Gasteiger partial charge in [0.2, 0.25) is 0 Å². The third-order valence-corrected chi connectivity index (χ3v) is 19.6. The quantitative estimate of drug-likeness (QED) is 0.0521. The van der Waals surface area contributed by atoms with Crippen molar-refractivity contribution < 1.29 is 47.6 Å². The normalized spacial score (nSPS) is 15.8. The minimum atomic E-state index is -6.04. The zero-order chi connectivity index (χ0) is 57.0. The van der Waals surface area contributed by atoms with Crippen LogP contribution in [0.2, 0.25) is 5.02 Å². The van der Waals surface area contributed by atoms with E-state index in [1.165, 1.54) is 24.3 Å². The molecule has 2 N–H and O–H groups in total. The van der Waals surface area contributed by atoms with Gasteiger partial charge in [0.1, 0.15) is 10.7 Å². The van der Waals surface area contributed by atoms with Crippen molar-refractivity contribution in [1.29, 1.82) is 0 Å². The zero-order valence-corrected chi connectivity index (χ0v) is 49.0. The summed E-state index contributed by atoms with van der Waals surface area (Å²) >= 11 is 7.82. The molecule has 2 aliphatic rings. The van der Waals surface area contributed by atoms with E-state index in [1.54, 1.807) is 49.0 Å². The molecule has 6 aromatic rings. The van der Waals surface area contributed by atoms with Gasteiger partial charge in [-0.1, -0.05) is 41.9 Å². The number of halogens is 5. The molecule has 1 atom stereocenters. The van der Waals surface area contributed by atoms with Crippen LogP contribution in [0.15, 0.2) is 135 Å². The number of anilines is 4. The van der Waals surface area contributed by atoms with Gasteiger partial charge < -0.3 is 29.3 Å². The number of nitrogens with zero attached hydrogens (tertiary/aromatic N) is 4. The molecule has 0 unspecified atom stereocenters. The smallest absolute Gasteiger partial charge is 0.381 e. The number of nitrogens with one attached hydrogen (secondary N) is 2. The molecule has 0 saturated carbocycles. The number of thioether (sulfide) groups is 1. The third-order valence-electron chi connectivity index (χ3n) is 14.2. The first kappa shape index (κ1) is 59.8. The fourth-order valence-corrected chi connectivity index (χ4v) is 14.9. The molecule has 2 saturated heterocycles. The molecular weight excluding hydrogens is 1120 g/mol.